The van der Waals surface area contributed by atoms with Crippen molar-refractivity contribution in [2.24, 2.45) is 11.7 Å². The minimum Gasteiger partial charge on any atom is -0.329 e. The predicted molar refractivity (Wildman–Crippen MR) is 84.9 cm³/mol. The summed E-state index contributed by atoms with van der Waals surface area (Å²) in [6, 6.07) is 11.4. The largest absolute Gasteiger partial charge is 0.329 e. The molecular weight excluding hydrogens is 256 g/mol. The van der Waals surface area contributed by atoms with Crippen LogP contribution in [-0.4, -0.2) is 30.6 Å². The number of benzene rings is 1. The van der Waals surface area contributed by atoms with Gasteiger partial charge >= 0.3 is 0 Å². The van der Waals surface area contributed by atoms with Gasteiger partial charge in [-0.3, -0.25) is 4.90 Å². The van der Waals surface area contributed by atoms with Crippen molar-refractivity contribution >= 4 is 12.4 Å². The van der Waals surface area contributed by atoms with Crippen LogP contribution < -0.4 is 5.73 Å². The Bertz CT molecular complexity index is 355. The molecule has 0 spiro atoms. The Kier molecular flexibility index (Phi) is 6.84. The van der Waals surface area contributed by atoms with Crippen molar-refractivity contribution in [3.05, 3.63) is 35.9 Å². The number of rotatable bonds is 4. The van der Waals surface area contributed by atoms with Gasteiger partial charge in [-0.1, -0.05) is 44.2 Å². The molecule has 1 heterocycles. The molecule has 2 nitrogen and oxygen atoms in total. The normalized spacial score (nSPS) is 25.6. The van der Waals surface area contributed by atoms with Crippen molar-refractivity contribution in [2.75, 3.05) is 19.6 Å². The standard InChI is InChI=1S/C16H26N2.ClH/c1-13-7-6-10-18(16(13)11-17)12-14(2)15-8-4-3-5-9-15;/h3-5,8-9,13-14,16H,6-7,10-12,17H2,1-2H3;1H. The van der Waals surface area contributed by atoms with E-state index in [4.69, 9.17) is 5.73 Å². The smallest absolute Gasteiger partial charge is 0.0244 e. The van der Waals surface area contributed by atoms with Gasteiger partial charge in [0.1, 0.15) is 0 Å². The molecule has 1 aromatic rings. The molecule has 0 radical (unpaired) electrons. The quantitative estimate of drug-likeness (QED) is 0.918. The van der Waals surface area contributed by atoms with Crippen LogP contribution in [0.25, 0.3) is 0 Å². The Balaban J connectivity index is 0.00000180. The number of halogens is 1. The van der Waals surface area contributed by atoms with Crippen molar-refractivity contribution < 1.29 is 0 Å². The Labute approximate surface area is 123 Å². The Hall–Kier alpha value is -0.570. The molecule has 1 aliphatic rings. The van der Waals surface area contributed by atoms with Crippen LogP contribution in [0, 0.1) is 5.92 Å². The van der Waals surface area contributed by atoms with Crippen molar-refractivity contribution in [1.82, 2.24) is 4.90 Å². The summed E-state index contributed by atoms with van der Waals surface area (Å²) in [6.07, 6.45) is 2.65. The van der Waals surface area contributed by atoms with Crippen molar-refractivity contribution in [3.8, 4) is 0 Å². The average Bonchev–Trinajstić information content (AvgIpc) is 2.40. The lowest BCUT2D eigenvalue weighted by molar-refractivity contribution is 0.101. The third-order valence-corrected chi connectivity index (χ3v) is 4.35. The highest BCUT2D eigenvalue weighted by Gasteiger charge is 2.28. The lowest BCUT2D eigenvalue weighted by Gasteiger charge is -2.40. The van der Waals surface area contributed by atoms with Gasteiger partial charge in [0, 0.05) is 19.1 Å². The molecule has 0 aliphatic carbocycles. The van der Waals surface area contributed by atoms with Gasteiger partial charge in [-0.25, -0.2) is 0 Å². The number of piperidine rings is 1. The second-order valence-electron chi connectivity index (χ2n) is 5.73. The molecule has 0 saturated carbocycles. The molecule has 3 unspecified atom stereocenters. The molecule has 2 rings (SSSR count). The van der Waals surface area contributed by atoms with Gasteiger partial charge in [-0.05, 0) is 36.8 Å². The SMILES string of the molecule is CC(CN1CCCC(C)C1CN)c1ccccc1.Cl. The fourth-order valence-electron chi connectivity index (χ4n) is 3.18. The number of likely N-dealkylation sites (tertiary alicyclic amines) is 1. The summed E-state index contributed by atoms with van der Waals surface area (Å²) in [7, 11) is 0. The first-order valence-corrected chi connectivity index (χ1v) is 7.21. The molecular formula is C16H27ClN2. The van der Waals surface area contributed by atoms with Crippen LogP contribution >= 0.6 is 12.4 Å². The molecule has 1 saturated heterocycles. The topological polar surface area (TPSA) is 29.3 Å². The fraction of sp³-hybridized carbons (Fsp3) is 0.625. The highest BCUT2D eigenvalue weighted by molar-refractivity contribution is 5.85. The van der Waals surface area contributed by atoms with E-state index in [0.29, 0.717) is 12.0 Å². The maximum absolute atomic E-state index is 5.96. The lowest BCUT2D eigenvalue weighted by Crippen LogP contribution is -2.49. The minimum atomic E-state index is 0. The monoisotopic (exact) mass is 282 g/mol. The fourth-order valence-corrected chi connectivity index (χ4v) is 3.18. The van der Waals surface area contributed by atoms with Crippen molar-refractivity contribution in [2.45, 2.75) is 38.6 Å². The first kappa shape index (κ1) is 16.5. The van der Waals surface area contributed by atoms with Gasteiger partial charge in [0.05, 0.1) is 0 Å². The van der Waals surface area contributed by atoms with Crippen LogP contribution in [0.3, 0.4) is 0 Å². The van der Waals surface area contributed by atoms with Crippen LogP contribution in [0.1, 0.15) is 38.2 Å². The molecule has 3 atom stereocenters. The summed E-state index contributed by atoms with van der Waals surface area (Å²) in [6.45, 7) is 7.81. The second kappa shape index (κ2) is 7.88. The first-order valence-electron chi connectivity index (χ1n) is 7.21. The molecule has 0 bridgehead atoms. The summed E-state index contributed by atoms with van der Waals surface area (Å²) >= 11 is 0. The van der Waals surface area contributed by atoms with Gasteiger partial charge in [-0.15, -0.1) is 12.4 Å². The predicted octanol–water partition coefficient (Wildman–Crippen LogP) is 3.27. The number of hydrogen-bond acceptors (Lipinski definition) is 2. The molecule has 0 amide bonds. The minimum absolute atomic E-state index is 0. The van der Waals surface area contributed by atoms with E-state index in [0.717, 1.165) is 19.0 Å². The van der Waals surface area contributed by atoms with Crippen LogP contribution in [-0.2, 0) is 0 Å². The molecule has 1 aliphatic heterocycles. The van der Waals surface area contributed by atoms with E-state index >= 15 is 0 Å². The number of nitrogens with two attached hydrogens (primary N) is 1. The number of hydrogen-bond donors (Lipinski definition) is 1. The lowest BCUT2D eigenvalue weighted by atomic mass is 9.89. The van der Waals surface area contributed by atoms with Crippen LogP contribution in [0.15, 0.2) is 30.3 Å². The van der Waals surface area contributed by atoms with Crippen LogP contribution in [0.2, 0.25) is 0 Å². The zero-order valence-electron chi connectivity index (χ0n) is 12.1. The van der Waals surface area contributed by atoms with Gasteiger partial charge in [0.2, 0.25) is 0 Å². The second-order valence-corrected chi connectivity index (χ2v) is 5.73. The van der Waals surface area contributed by atoms with Gasteiger partial charge < -0.3 is 5.73 Å². The van der Waals surface area contributed by atoms with E-state index in [9.17, 15) is 0 Å². The van der Waals surface area contributed by atoms with E-state index < -0.39 is 0 Å². The molecule has 2 N–H and O–H groups in total. The van der Waals surface area contributed by atoms with E-state index in [1.807, 2.05) is 0 Å². The zero-order valence-corrected chi connectivity index (χ0v) is 12.9. The zero-order chi connectivity index (χ0) is 13.0. The molecule has 1 fully saturated rings. The number of nitrogens with zero attached hydrogens (tertiary/aromatic N) is 1. The third kappa shape index (κ3) is 4.20. The highest BCUT2D eigenvalue weighted by atomic mass is 35.5. The van der Waals surface area contributed by atoms with Crippen molar-refractivity contribution in [1.29, 1.82) is 0 Å². The highest BCUT2D eigenvalue weighted by Crippen LogP contribution is 2.25. The summed E-state index contributed by atoms with van der Waals surface area (Å²) in [5.41, 5.74) is 7.39. The molecule has 3 heteroatoms. The first-order chi connectivity index (χ1) is 8.72. The summed E-state index contributed by atoms with van der Waals surface area (Å²) in [5.74, 6) is 1.33. The molecule has 108 valence electrons. The van der Waals surface area contributed by atoms with E-state index in [-0.39, 0.29) is 12.4 Å². The molecule has 1 aromatic carbocycles. The van der Waals surface area contributed by atoms with E-state index in [1.54, 1.807) is 0 Å². The van der Waals surface area contributed by atoms with E-state index in [1.165, 1.54) is 24.9 Å². The van der Waals surface area contributed by atoms with Crippen LogP contribution in [0.4, 0.5) is 0 Å². The van der Waals surface area contributed by atoms with Gasteiger partial charge in [0.15, 0.2) is 0 Å². The summed E-state index contributed by atoms with van der Waals surface area (Å²) < 4.78 is 0. The third-order valence-electron chi connectivity index (χ3n) is 4.35. The molecule has 19 heavy (non-hydrogen) atoms. The average molecular weight is 283 g/mol. The molecule has 0 aromatic heterocycles. The van der Waals surface area contributed by atoms with Gasteiger partial charge in [0.25, 0.3) is 0 Å². The summed E-state index contributed by atoms with van der Waals surface area (Å²) in [4.78, 5) is 2.60. The Morgan fingerprint density at radius 1 is 1.32 bits per heavy atom. The van der Waals surface area contributed by atoms with Crippen LogP contribution in [0.5, 0.6) is 0 Å². The maximum Gasteiger partial charge on any atom is 0.0244 e. The maximum atomic E-state index is 5.96. The Morgan fingerprint density at radius 2 is 2.00 bits per heavy atom. The van der Waals surface area contributed by atoms with Crippen molar-refractivity contribution in [3.63, 3.8) is 0 Å². The van der Waals surface area contributed by atoms with Gasteiger partial charge in [-0.2, -0.15) is 0 Å². The summed E-state index contributed by atoms with van der Waals surface area (Å²) in [5, 5.41) is 0. The van der Waals surface area contributed by atoms with E-state index in [2.05, 4.69) is 49.1 Å². The Morgan fingerprint density at radius 3 is 2.63 bits per heavy atom.